The fraction of sp³-hybridized carbons (Fsp3) is 0.370. The van der Waals surface area contributed by atoms with Gasteiger partial charge in [0, 0.05) is 38.2 Å². The lowest BCUT2D eigenvalue weighted by Crippen LogP contribution is -2.48. The van der Waals surface area contributed by atoms with E-state index >= 15 is 0 Å². The Kier molecular flexibility index (Phi) is 8.37. The molecule has 0 aromatic heterocycles. The van der Waals surface area contributed by atoms with Crippen molar-refractivity contribution in [3.63, 3.8) is 0 Å². The minimum atomic E-state index is -0.659. The molecule has 1 fully saturated rings. The third-order valence-corrected chi connectivity index (χ3v) is 6.46. The van der Waals surface area contributed by atoms with Crippen LogP contribution >= 0.6 is 0 Å². The molecule has 2 aromatic rings. The Morgan fingerprint density at radius 1 is 1.03 bits per heavy atom. The summed E-state index contributed by atoms with van der Waals surface area (Å²) in [7, 11) is 3.13. The van der Waals surface area contributed by atoms with Crippen LogP contribution in [0.1, 0.15) is 35.7 Å². The van der Waals surface area contributed by atoms with Crippen LogP contribution < -0.4 is 25.6 Å². The number of benzene rings is 2. The number of hydrogen-bond acceptors (Lipinski definition) is 8. The maximum Gasteiger partial charge on any atom is 0.338 e. The van der Waals surface area contributed by atoms with Gasteiger partial charge in [-0.15, -0.1) is 0 Å². The fourth-order valence-electron chi connectivity index (χ4n) is 4.30. The molecule has 11 heteroatoms. The number of urea groups is 1. The lowest BCUT2D eigenvalue weighted by molar-refractivity contribution is -0.120. The topological polar surface area (TPSA) is 127 Å². The minimum Gasteiger partial charge on any atom is -0.493 e. The first kappa shape index (κ1) is 26.8. The lowest BCUT2D eigenvalue weighted by Gasteiger charge is -2.36. The van der Waals surface area contributed by atoms with Crippen molar-refractivity contribution in [2.75, 3.05) is 39.2 Å². The van der Waals surface area contributed by atoms with Crippen LogP contribution in [-0.4, -0.2) is 62.3 Å². The number of anilines is 1. The zero-order valence-electron chi connectivity index (χ0n) is 21.7. The molecule has 0 radical (unpaired) electrons. The summed E-state index contributed by atoms with van der Waals surface area (Å²) >= 11 is 0. The van der Waals surface area contributed by atoms with Crippen molar-refractivity contribution < 1.29 is 33.4 Å². The largest absolute Gasteiger partial charge is 0.493 e. The molecule has 1 saturated heterocycles. The molecule has 202 valence electrons. The highest BCUT2D eigenvalue weighted by atomic mass is 16.7. The maximum atomic E-state index is 12.7. The molecule has 38 heavy (non-hydrogen) atoms. The Bertz CT molecular complexity index is 1200. The molecule has 2 heterocycles. The second-order valence-electron chi connectivity index (χ2n) is 8.91. The summed E-state index contributed by atoms with van der Waals surface area (Å²) in [6, 6.07) is 11.7. The smallest absolute Gasteiger partial charge is 0.338 e. The van der Waals surface area contributed by atoms with Crippen LogP contribution in [0.5, 0.6) is 11.5 Å². The van der Waals surface area contributed by atoms with Crippen molar-refractivity contribution in [3.8, 4) is 11.5 Å². The molecule has 1 spiro atoms. The number of nitrogens with one attached hydrogen (secondary N) is 3. The highest BCUT2D eigenvalue weighted by Gasteiger charge is 2.41. The number of likely N-dealkylation sites (tertiary alicyclic amines) is 1. The first-order chi connectivity index (χ1) is 18.4. The van der Waals surface area contributed by atoms with Gasteiger partial charge in [0.2, 0.25) is 0 Å². The standard InChI is InChI=1S/C27H32N4O7/c1-4-37-25(33)19-6-8-20(9-7-19)29-26(34)31-13-11-27(12-14-31)16-21(30-38-27)24(32)28-17-18-5-10-22(35-2)23(15-18)36-3/h5-10,15-16,30H,4,11-14,17H2,1-3H3,(H,28,32)(H,29,34). The number of amides is 3. The van der Waals surface area contributed by atoms with Gasteiger partial charge in [0.15, 0.2) is 11.5 Å². The van der Waals surface area contributed by atoms with E-state index in [0.717, 1.165) is 5.56 Å². The average Bonchev–Trinajstić information content (AvgIpc) is 3.35. The molecule has 0 bridgehead atoms. The van der Waals surface area contributed by atoms with Gasteiger partial charge in [-0.1, -0.05) is 6.07 Å². The number of piperidine rings is 1. The minimum absolute atomic E-state index is 0.244. The van der Waals surface area contributed by atoms with Crippen molar-refractivity contribution in [2.24, 2.45) is 0 Å². The van der Waals surface area contributed by atoms with E-state index < -0.39 is 11.6 Å². The molecule has 0 atom stereocenters. The van der Waals surface area contributed by atoms with Crippen molar-refractivity contribution in [1.82, 2.24) is 15.7 Å². The van der Waals surface area contributed by atoms with E-state index in [1.165, 1.54) is 0 Å². The van der Waals surface area contributed by atoms with E-state index in [2.05, 4.69) is 16.1 Å². The summed E-state index contributed by atoms with van der Waals surface area (Å²) in [4.78, 5) is 44.7. The highest BCUT2D eigenvalue weighted by molar-refractivity contribution is 5.93. The first-order valence-corrected chi connectivity index (χ1v) is 12.4. The number of methoxy groups -OCH3 is 2. The zero-order valence-corrected chi connectivity index (χ0v) is 21.7. The molecule has 11 nitrogen and oxygen atoms in total. The van der Waals surface area contributed by atoms with Crippen LogP contribution in [0.25, 0.3) is 0 Å². The van der Waals surface area contributed by atoms with Gasteiger partial charge >= 0.3 is 12.0 Å². The second-order valence-corrected chi connectivity index (χ2v) is 8.91. The molecule has 0 unspecified atom stereocenters. The molecule has 0 aliphatic carbocycles. The first-order valence-electron chi connectivity index (χ1n) is 12.4. The Balaban J connectivity index is 1.27. The summed E-state index contributed by atoms with van der Waals surface area (Å²) in [5, 5.41) is 5.72. The number of rotatable bonds is 8. The molecule has 3 amide bonds. The van der Waals surface area contributed by atoms with Crippen LogP contribution in [0.2, 0.25) is 0 Å². The molecular formula is C27H32N4O7. The summed E-state index contributed by atoms with van der Waals surface area (Å²) in [5.74, 6) is 0.510. The van der Waals surface area contributed by atoms with E-state index in [9.17, 15) is 14.4 Å². The van der Waals surface area contributed by atoms with Gasteiger partial charge < -0.3 is 29.7 Å². The third kappa shape index (κ3) is 6.17. The van der Waals surface area contributed by atoms with Gasteiger partial charge in [0.05, 0.1) is 26.4 Å². The molecule has 2 aromatic carbocycles. The second kappa shape index (κ2) is 11.9. The summed E-state index contributed by atoms with van der Waals surface area (Å²) in [5.41, 5.74) is 4.29. The Morgan fingerprint density at radius 2 is 1.74 bits per heavy atom. The predicted octanol–water partition coefficient (Wildman–Crippen LogP) is 2.98. The number of nitrogens with zero attached hydrogens (tertiary/aromatic N) is 1. The summed E-state index contributed by atoms with van der Waals surface area (Å²) < 4.78 is 15.5. The predicted molar refractivity (Wildman–Crippen MR) is 139 cm³/mol. The molecule has 2 aliphatic heterocycles. The normalized spacial score (nSPS) is 15.8. The van der Waals surface area contributed by atoms with E-state index in [0.29, 0.717) is 67.5 Å². The van der Waals surface area contributed by atoms with Gasteiger partial charge in [-0.25, -0.2) is 9.59 Å². The van der Waals surface area contributed by atoms with Crippen LogP contribution in [0.15, 0.2) is 54.2 Å². The molecule has 3 N–H and O–H groups in total. The van der Waals surface area contributed by atoms with Gasteiger partial charge in [-0.05, 0) is 55.0 Å². The van der Waals surface area contributed by atoms with Gasteiger partial charge in [0.1, 0.15) is 11.3 Å². The van der Waals surface area contributed by atoms with Crippen LogP contribution in [-0.2, 0) is 20.9 Å². The number of carbonyl (C=O) groups is 3. The van der Waals surface area contributed by atoms with E-state index in [-0.39, 0.29) is 11.9 Å². The van der Waals surface area contributed by atoms with Gasteiger partial charge in [-0.2, -0.15) is 0 Å². The van der Waals surface area contributed by atoms with E-state index in [4.69, 9.17) is 19.0 Å². The Hall–Kier alpha value is -4.25. The van der Waals surface area contributed by atoms with Crippen molar-refractivity contribution in [1.29, 1.82) is 0 Å². The monoisotopic (exact) mass is 524 g/mol. The SMILES string of the molecule is CCOC(=O)c1ccc(NC(=O)N2CCC3(C=C(C(=O)NCc4ccc(OC)c(OC)c4)NO3)CC2)cc1. The lowest BCUT2D eigenvalue weighted by atomic mass is 9.91. The number of carbonyl (C=O) groups excluding carboxylic acids is 3. The number of esters is 1. The number of ether oxygens (including phenoxy) is 3. The van der Waals surface area contributed by atoms with E-state index in [1.54, 1.807) is 62.5 Å². The van der Waals surface area contributed by atoms with Gasteiger partial charge in [0.25, 0.3) is 5.91 Å². The molecular weight excluding hydrogens is 492 g/mol. The van der Waals surface area contributed by atoms with Crippen molar-refractivity contribution in [2.45, 2.75) is 31.9 Å². The maximum absolute atomic E-state index is 12.7. The molecule has 4 rings (SSSR count). The Labute approximate surface area is 221 Å². The zero-order chi connectivity index (χ0) is 27.1. The third-order valence-electron chi connectivity index (χ3n) is 6.46. The van der Waals surface area contributed by atoms with Crippen LogP contribution in [0.4, 0.5) is 10.5 Å². The fourth-order valence-corrected chi connectivity index (χ4v) is 4.30. The van der Waals surface area contributed by atoms with E-state index in [1.807, 2.05) is 12.1 Å². The Morgan fingerprint density at radius 3 is 2.39 bits per heavy atom. The van der Waals surface area contributed by atoms with Gasteiger partial charge in [-0.3, -0.25) is 15.1 Å². The van der Waals surface area contributed by atoms with Crippen LogP contribution in [0, 0.1) is 0 Å². The molecule has 0 saturated carbocycles. The number of hydroxylamine groups is 1. The summed E-state index contributed by atoms with van der Waals surface area (Å²) in [6.07, 6.45) is 2.85. The van der Waals surface area contributed by atoms with Crippen LogP contribution in [0.3, 0.4) is 0 Å². The number of hydrogen-bond donors (Lipinski definition) is 3. The van der Waals surface area contributed by atoms with Crippen molar-refractivity contribution in [3.05, 3.63) is 65.4 Å². The highest BCUT2D eigenvalue weighted by Crippen LogP contribution is 2.32. The quantitative estimate of drug-likeness (QED) is 0.450. The van der Waals surface area contributed by atoms with Crippen molar-refractivity contribution >= 4 is 23.6 Å². The molecule has 2 aliphatic rings. The summed E-state index contributed by atoms with van der Waals surface area (Å²) in [6.45, 7) is 3.25. The average molecular weight is 525 g/mol.